The molecule has 0 N–H and O–H groups in total. The summed E-state index contributed by atoms with van der Waals surface area (Å²) in [5.74, 6) is 0. The first kappa shape index (κ1) is 41.0. The second-order valence-electron chi connectivity index (χ2n) is 21.8. The van der Waals surface area contributed by atoms with Crippen LogP contribution in [0.15, 0.2) is 176 Å². The lowest BCUT2D eigenvalue weighted by molar-refractivity contribution is 0.590. The van der Waals surface area contributed by atoms with E-state index in [1.54, 1.807) is 0 Å². The van der Waals surface area contributed by atoms with Crippen molar-refractivity contribution in [1.29, 1.82) is 0 Å². The Kier molecular flexibility index (Phi) is 9.13. The standard InChI is InChI=1S/C67H57N/c1-66(2,3)44-33-35-60-58(39-44)59-40-45(67(4,5)6)34-36-61(59)68(60)65-54-27-16-14-25-51(54)64(52-26-15-17-28-55(52)65)53-30-18-29-46-56-38-43(32-31-42(56)37-57(46)53)63-49-23-12-10-21-47(49)62(41-19-8-7-9-20-41)48-22-11-13-24-50(48)63/h10-19,21-36,38-40H,7-9,20,37H2,1-6H3. The normalized spacial score (nSPS) is 14.1. The molecule has 0 radical (unpaired) electrons. The van der Waals surface area contributed by atoms with Crippen LogP contribution in [0.5, 0.6) is 0 Å². The molecule has 2 aliphatic rings. The molecule has 0 saturated carbocycles. The van der Waals surface area contributed by atoms with Crippen molar-refractivity contribution in [2.24, 2.45) is 0 Å². The fourth-order valence-electron chi connectivity index (χ4n) is 12.3. The third kappa shape index (κ3) is 6.21. The van der Waals surface area contributed by atoms with E-state index in [-0.39, 0.29) is 10.8 Å². The van der Waals surface area contributed by atoms with Gasteiger partial charge in [-0.15, -0.1) is 0 Å². The van der Waals surface area contributed by atoms with Crippen molar-refractivity contribution in [2.45, 2.75) is 84.5 Å². The molecule has 330 valence electrons. The number of hydrogen-bond acceptors (Lipinski definition) is 0. The van der Waals surface area contributed by atoms with E-state index in [1.807, 2.05) is 0 Å². The van der Waals surface area contributed by atoms with E-state index in [2.05, 4.69) is 222 Å². The van der Waals surface area contributed by atoms with Gasteiger partial charge in [0.05, 0.1) is 16.7 Å². The van der Waals surface area contributed by atoms with Gasteiger partial charge in [-0.05, 0) is 172 Å². The minimum absolute atomic E-state index is 0.0309. The zero-order chi connectivity index (χ0) is 46.1. The summed E-state index contributed by atoms with van der Waals surface area (Å²) in [5.41, 5.74) is 20.2. The van der Waals surface area contributed by atoms with Gasteiger partial charge in [-0.1, -0.05) is 187 Å². The Hall–Kier alpha value is -7.22. The summed E-state index contributed by atoms with van der Waals surface area (Å²) in [5, 5.41) is 13.1. The SMILES string of the molecule is CC(C)(C)c1ccc2c(c1)c1cc(C(C)(C)C)ccc1n2-c1c2ccccc2c(-c2cccc3c2Cc2ccc(-c4c5ccccc5c(C5=CCCCC5)c5ccccc45)cc2-3)c2ccccc12. The van der Waals surface area contributed by atoms with Crippen molar-refractivity contribution in [1.82, 2.24) is 4.57 Å². The van der Waals surface area contributed by atoms with Gasteiger partial charge in [-0.25, -0.2) is 0 Å². The lowest BCUT2D eigenvalue weighted by Gasteiger charge is -2.22. The third-order valence-corrected chi connectivity index (χ3v) is 15.7. The molecule has 1 nitrogen and oxygen atoms in total. The smallest absolute Gasteiger partial charge is 0.0619 e. The topological polar surface area (TPSA) is 4.93 Å². The largest absolute Gasteiger partial charge is 0.308 e. The maximum atomic E-state index is 2.58. The minimum Gasteiger partial charge on any atom is -0.308 e. The summed E-state index contributed by atoms with van der Waals surface area (Å²) in [6.07, 6.45) is 8.27. The van der Waals surface area contributed by atoms with E-state index in [0.717, 1.165) is 12.8 Å². The molecule has 1 heteroatoms. The Labute approximate surface area is 400 Å². The first-order valence-corrected chi connectivity index (χ1v) is 24.9. The molecule has 0 amide bonds. The van der Waals surface area contributed by atoms with E-state index >= 15 is 0 Å². The Morgan fingerprint density at radius 3 is 1.41 bits per heavy atom. The average molecular weight is 876 g/mol. The second kappa shape index (κ2) is 15.1. The molecule has 0 spiro atoms. The number of nitrogens with zero attached hydrogens (tertiary/aromatic N) is 1. The molecule has 0 atom stereocenters. The van der Waals surface area contributed by atoms with Gasteiger partial charge in [-0.2, -0.15) is 0 Å². The van der Waals surface area contributed by atoms with Gasteiger partial charge in [0, 0.05) is 21.5 Å². The lowest BCUT2D eigenvalue weighted by atomic mass is 9.83. The quantitative estimate of drug-likeness (QED) is 0.155. The molecule has 1 aromatic heterocycles. The highest BCUT2D eigenvalue weighted by Gasteiger charge is 2.28. The number of rotatable bonds is 4. The van der Waals surface area contributed by atoms with Crippen molar-refractivity contribution in [3.8, 4) is 39.1 Å². The van der Waals surface area contributed by atoms with Gasteiger partial charge in [0.2, 0.25) is 0 Å². The van der Waals surface area contributed by atoms with Gasteiger partial charge in [0.15, 0.2) is 0 Å². The van der Waals surface area contributed by atoms with Crippen molar-refractivity contribution in [2.75, 3.05) is 0 Å². The van der Waals surface area contributed by atoms with Crippen molar-refractivity contribution < 1.29 is 0 Å². The van der Waals surface area contributed by atoms with Crippen LogP contribution < -0.4 is 0 Å². The number of fused-ring (bicyclic) bond motifs is 10. The van der Waals surface area contributed by atoms with Gasteiger partial charge in [0.1, 0.15) is 0 Å². The summed E-state index contributed by atoms with van der Waals surface area (Å²) in [6, 6.07) is 65.5. The highest BCUT2D eigenvalue weighted by Crippen LogP contribution is 2.51. The molecule has 0 saturated heterocycles. The zero-order valence-electron chi connectivity index (χ0n) is 40.2. The van der Waals surface area contributed by atoms with Crippen LogP contribution >= 0.6 is 0 Å². The van der Waals surface area contributed by atoms with Crippen LogP contribution in [0.1, 0.15) is 95.0 Å². The fraction of sp³-hybridized carbons (Fsp3) is 0.194. The second-order valence-corrected chi connectivity index (χ2v) is 21.8. The Morgan fingerprint density at radius 2 is 0.897 bits per heavy atom. The van der Waals surface area contributed by atoms with Crippen molar-refractivity contribution in [3.05, 3.63) is 204 Å². The predicted octanol–water partition coefficient (Wildman–Crippen LogP) is 18.9. The monoisotopic (exact) mass is 875 g/mol. The Bertz CT molecular complexity index is 3760. The average Bonchev–Trinajstić information content (AvgIpc) is 3.89. The number of benzene rings is 10. The summed E-state index contributed by atoms with van der Waals surface area (Å²) in [7, 11) is 0. The van der Waals surface area contributed by atoms with E-state index in [1.165, 1.54) is 157 Å². The molecule has 11 aromatic rings. The molecule has 0 aliphatic heterocycles. The molecule has 10 aromatic carbocycles. The molecule has 1 heterocycles. The summed E-state index contributed by atoms with van der Waals surface area (Å²) in [4.78, 5) is 0. The molecule has 2 aliphatic carbocycles. The van der Waals surface area contributed by atoms with Gasteiger partial charge in [-0.3, -0.25) is 0 Å². The van der Waals surface area contributed by atoms with Gasteiger partial charge in [0.25, 0.3) is 0 Å². The third-order valence-electron chi connectivity index (χ3n) is 15.7. The molecular formula is C67H57N. The van der Waals surface area contributed by atoms with Crippen molar-refractivity contribution >= 4 is 70.5 Å². The number of allylic oxidation sites excluding steroid dienone is 2. The highest BCUT2D eigenvalue weighted by molar-refractivity contribution is 6.22. The summed E-state index contributed by atoms with van der Waals surface area (Å²) in [6.45, 7) is 13.9. The number of hydrogen-bond donors (Lipinski definition) is 0. The number of aromatic nitrogens is 1. The molecule has 0 unspecified atom stereocenters. The minimum atomic E-state index is 0.0309. The summed E-state index contributed by atoms with van der Waals surface area (Å²) >= 11 is 0. The maximum Gasteiger partial charge on any atom is 0.0619 e. The predicted molar refractivity (Wildman–Crippen MR) is 294 cm³/mol. The highest BCUT2D eigenvalue weighted by atomic mass is 15.0. The zero-order valence-corrected chi connectivity index (χ0v) is 40.2. The fourth-order valence-corrected chi connectivity index (χ4v) is 12.3. The van der Waals surface area contributed by atoms with Crippen LogP contribution in [0.3, 0.4) is 0 Å². The molecule has 0 fully saturated rings. The van der Waals surface area contributed by atoms with Crippen LogP contribution in [0.4, 0.5) is 0 Å². The molecule has 0 bridgehead atoms. The van der Waals surface area contributed by atoms with Crippen LogP contribution in [-0.2, 0) is 17.3 Å². The van der Waals surface area contributed by atoms with E-state index in [9.17, 15) is 0 Å². The van der Waals surface area contributed by atoms with E-state index in [0.29, 0.717) is 0 Å². The van der Waals surface area contributed by atoms with E-state index in [4.69, 9.17) is 0 Å². The molecule has 68 heavy (non-hydrogen) atoms. The van der Waals surface area contributed by atoms with Crippen LogP contribution in [0.2, 0.25) is 0 Å². The first-order chi connectivity index (χ1) is 33.0. The Balaban J connectivity index is 1.02. The maximum absolute atomic E-state index is 2.58. The molecule has 13 rings (SSSR count). The Morgan fingerprint density at radius 1 is 0.397 bits per heavy atom. The van der Waals surface area contributed by atoms with Gasteiger partial charge < -0.3 is 4.57 Å². The molecular weight excluding hydrogens is 819 g/mol. The van der Waals surface area contributed by atoms with E-state index < -0.39 is 0 Å². The van der Waals surface area contributed by atoms with Crippen molar-refractivity contribution in [3.63, 3.8) is 0 Å². The summed E-state index contributed by atoms with van der Waals surface area (Å²) < 4.78 is 2.58. The van der Waals surface area contributed by atoms with Crippen LogP contribution in [0.25, 0.3) is 110 Å². The lowest BCUT2D eigenvalue weighted by Crippen LogP contribution is -2.10. The van der Waals surface area contributed by atoms with Crippen LogP contribution in [-0.4, -0.2) is 4.57 Å². The van der Waals surface area contributed by atoms with Crippen LogP contribution in [0, 0.1) is 0 Å². The first-order valence-electron chi connectivity index (χ1n) is 24.9. The van der Waals surface area contributed by atoms with Gasteiger partial charge >= 0.3 is 0 Å².